The third-order valence-electron chi connectivity index (χ3n) is 3.02. The number of hydrogen-bond acceptors (Lipinski definition) is 5. The van der Waals surface area contributed by atoms with Crippen LogP contribution in [0.1, 0.15) is 46.1 Å². The van der Waals surface area contributed by atoms with Gasteiger partial charge in [0.1, 0.15) is 5.60 Å². The molecular formula is C15H25N3O4. The van der Waals surface area contributed by atoms with E-state index < -0.39 is 17.6 Å². The smallest absolute Gasteiger partial charge is 0.407 e. The van der Waals surface area contributed by atoms with Gasteiger partial charge in [-0.25, -0.2) is 4.79 Å². The number of amides is 2. The Balaban J connectivity index is 2.43. The monoisotopic (exact) mass is 311 g/mol. The van der Waals surface area contributed by atoms with Crippen LogP contribution in [0.25, 0.3) is 0 Å². The molecule has 0 spiro atoms. The summed E-state index contributed by atoms with van der Waals surface area (Å²) in [7, 11) is 0. The first kappa shape index (κ1) is 18.0. The van der Waals surface area contributed by atoms with E-state index in [2.05, 4.69) is 15.8 Å². The molecule has 2 amide bonds. The molecule has 0 bridgehead atoms. The largest absolute Gasteiger partial charge is 0.444 e. The van der Waals surface area contributed by atoms with E-state index in [-0.39, 0.29) is 18.5 Å². The van der Waals surface area contributed by atoms with Crippen molar-refractivity contribution < 1.29 is 18.8 Å². The Kier molecular flexibility index (Phi) is 5.96. The molecule has 0 unspecified atom stereocenters. The molecule has 7 heteroatoms. The topological polar surface area (TPSA) is 93.5 Å². The summed E-state index contributed by atoms with van der Waals surface area (Å²) in [6.07, 6.45) is -0.537. The maximum absolute atomic E-state index is 12.1. The molecule has 0 saturated heterocycles. The Labute approximate surface area is 130 Å². The Morgan fingerprint density at radius 1 is 1.36 bits per heavy atom. The quantitative estimate of drug-likeness (QED) is 0.869. The zero-order valence-corrected chi connectivity index (χ0v) is 14.0. The highest BCUT2D eigenvalue weighted by Crippen LogP contribution is 2.09. The number of hydrogen-bond donors (Lipinski definition) is 2. The van der Waals surface area contributed by atoms with Crippen LogP contribution in [0.3, 0.4) is 0 Å². The fourth-order valence-electron chi connectivity index (χ4n) is 1.68. The number of alkyl carbamates (subject to hydrolysis) is 1. The van der Waals surface area contributed by atoms with Crippen molar-refractivity contribution in [2.45, 2.75) is 59.7 Å². The van der Waals surface area contributed by atoms with Crippen LogP contribution in [0, 0.1) is 12.8 Å². The first-order valence-corrected chi connectivity index (χ1v) is 7.28. The Bertz CT molecular complexity index is 519. The van der Waals surface area contributed by atoms with Crippen molar-refractivity contribution in [3.8, 4) is 0 Å². The van der Waals surface area contributed by atoms with E-state index in [1.807, 2.05) is 6.92 Å². The van der Waals surface area contributed by atoms with Crippen molar-refractivity contribution >= 4 is 12.0 Å². The Morgan fingerprint density at radius 3 is 2.50 bits per heavy atom. The summed E-state index contributed by atoms with van der Waals surface area (Å²) in [6.45, 7) is 10.9. The third-order valence-corrected chi connectivity index (χ3v) is 3.02. The number of aryl methyl sites for hydroxylation is 1. The summed E-state index contributed by atoms with van der Waals surface area (Å²) in [6, 6.07) is 1.40. The average Bonchev–Trinajstić information content (AvgIpc) is 2.78. The van der Waals surface area contributed by atoms with Crippen LogP contribution < -0.4 is 10.6 Å². The van der Waals surface area contributed by atoms with E-state index in [1.54, 1.807) is 40.7 Å². The van der Waals surface area contributed by atoms with Gasteiger partial charge in [0.2, 0.25) is 5.91 Å². The van der Waals surface area contributed by atoms with E-state index in [9.17, 15) is 9.59 Å². The summed E-state index contributed by atoms with van der Waals surface area (Å²) in [5.74, 6) is -0.0000435. The van der Waals surface area contributed by atoms with Crippen molar-refractivity contribution in [2.24, 2.45) is 5.92 Å². The number of aromatic nitrogens is 1. The van der Waals surface area contributed by atoms with Gasteiger partial charge in [0.25, 0.3) is 0 Å². The average molecular weight is 311 g/mol. The predicted octanol–water partition coefficient (Wildman–Crippen LogP) is 2.15. The number of rotatable bonds is 5. The van der Waals surface area contributed by atoms with Gasteiger partial charge in [-0.15, -0.1) is 0 Å². The summed E-state index contributed by atoms with van der Waals surface area (Å²) in [5.41, 5.74) is 0.191. The highest BCUT2D eigenvalue weighted by molar-refractivity contribution is 5.79. The Morgan fingerprint density at radius 2 is 2.00 bits per heavy atom. The summed E-state index contributed by atoms with van der Waals surface area (Å²) in [4.78, 5) is 23.8. The minimum Gasteiger partial charge on any atom is -0.444 e. The third kappa shape index (κ3) is 6.15. The van der Waals surface area contributed by atoms with Crippen LogP contribution >= 0.6 is 0 Å². The van der Waals surface area contributed by atoms with E-state index >= 15 is 0 Å². The van der Waals surface area contributed by atoms with Crippen LogP contribution in [0.15, 0.2) is 10.6 Å². The molecule has 1 aromatic heterocycles. The minimum absolute atomic E-state index is 0.183. The van der Waals surface area contributed by atoms with Gasteiger partial charge in [0.05, 0.1) is 18.2 Å². The molecule has 1 rings (SSSR count). The molecule has 0 aromatic carbocycles. The summed E-state index contributed by atoms with van der Waals surface area (Å²) < 4.78 is 10.2. The second-order valence-electron chi connectivity index (χ2n) is 6.38. The normalized spacial score (nSPS) is 14.1. The molecule has 0 aliphatic carbocycles. The number of nitrogens with one attached hydrogen (secondary N) is 2. The first-order valence-electron chi connectivity index (χ1n) is 7.28. The maximum Gasteiger partial charge on any atom is 0.407 e. The number of nitrogens with zero attached hydrogens (tertiary/aromatic N) is 1. The van der Waals surface area contributed by atoms with E-state index in [0.29, 0.717) is 5.76 Å². The predicted molar refractivity (Wildman–Crippen MR) is 81.1 cm³/mol. The van der Waals surface area contributed by atoms with Gasteiger partial charge in [0.15, 0.2) is 5.76 Å². The zero-order valence-electron chi connectivity index (χ0n) is 14.0. The molecule has 0 saturated carbocycles. The highest BCUT2D eigenvalue weighted by Gasteiger charge is 2.24. The zero-order chi connectivity index (χ0) is 16.9. The molecular weight excluding hydrogens is 286 g/mol. The fraction of sp³-hybridized carbons (Fsp3) is 0.667. The van der Waals surface area contributed by atoms with Gasteiger partial charge in [-0.3, -0.25) is 4.79 Å². The fourth-order valence-corrected chi connectivity index (χ4v) is 1.68. The van der Waals surface area contributed by atoms with Gasteiger partial charge in [-0.05, 0) is 34.6 Å². The molecule has 124 valence electrons. The molecule has 7 nitrogen and oxygen atoms in total. The molecule has 0 radical (unpaired) electrons. The minimum atomic E-state index is -0.570. The number of carbonyl (C=O) groups is 2. The lowest BCUT2D eigenvalue weighted by Crippen LogP contribution is -2.45. The lowest BCUT2D eigenvalue weighted by molar-refractivity contribution is -0.125. The second kappa shape index (κ2) is 7.29. The molecule has 1 aromatic rings. The molecule has 0 aliphatic rings. The van der Waals surface area contributed by atoms with E-state index in [4.69, 9.17) is 9.26 Å². The number of ether oxygens (including phenoxy) is 1. The van der Waals surface area contributed by atoms with E-state index in [0.717, 1.165) is 5.69 Å². The van der Waals surface area contributed by atoms with Crippen molar-refractivity contribution in [2.75, 3.05) is 0 Å². The van der Waals surface area contributed by atoms with Gasteiger partial charge < -0.3 is 19.9 Å². The lowest BCUT2D eigenvalue weighted by atomic mass is 10.0. The van der Waals surface area contributed by atoms with Crippen LogP contribution in [-0.4, -0.2) is 28.8 Å². The van der Waals surface area contributed by atoms with Crippen LogP contribution in [-0.2, 0) is 16.1 Å². The van der Waals surface area contributed by atoms with Crippen molar-refractivity contribution in [3.05, 3.63) is 17.5 Å². The molecule has 2 N–H and O–H groups in total. The Hall–Kier alpha value is -2.05. The summed E-state index contributed by atoms with van der Waals surface area (Å²) in [5, 5.41) is 9.16. The molecule has 0 fully saturated rings. The van der Waals surface area contributed by atoms with Gasteiger partial charge in [-0.1, -0.05) is 12.1 Å². The SMILES string of the molecule is Cc1cc(CNC(=O)[C@H](C)[C@H](C)NC(=O)OC(C)(C)C)on1. The molecule has 2 atom stereocenters. The van der Waals surface area contributed by atoms with Gasteiger partial charge >= 0.3 is 6.09 Å². The lowest BCUT2D eigenvalue weighted by Gasteiger charge is -2.24. The van der Waals surface area contributed by atoms with E-state index in [1.165, 1.54) is 0 Å². The van der Waals surface area contributed by atoms with Crippen LogP contribution in [0.5, 0.6) is 0 Å². The van der Waals surface area contributed by atoms with Crippen LogP contribution in [0.2, 0.25) is 0 Å². The molecule has 22 heavy (non-hydrogen) atoms. The first-order chi connectivity index (χ1) is 10.1. The van der Waals surface area contributed by atoms with Gasteiger partial charge in [-0.2, -0.15) is 0 Å². The second-order valence-corrected chi connectivity index (χ2v) is 6.38. The standard InChI is InChI=1S/C15H25N3O4/c1-9-7-12(22-18-9)8-16-13(19)10(2)11(3)17-14(20)21-15(4,5)6/h7,10-11H,8H2,1-6H3,(H,16,19)(H,17,20)/t10-,11+/m1/s1. The van der Waals surface area contributed by atoms with Crippen molar-refractivity contribution in [1.29, 1.82) is 0 Å². The number of carbonyl (C=O) groups excluding carboxylic acids is 2. The highest BCUT2D eigenvalue weighted by atomic mass is 16.6. The molecule has 0 aliphatic heterocycles. The maximum atomic E-state index is 12.1. The van der Waals surface area contributed by atoms with Crippen molar-refractivity contribution in [1.82, 2.24) is 15.8 Å². The molecule has 1 heterocycles. The van der Waals surface area contributed by atoms with Crippen molar-refractivity contribution in [3.63, 3.8) is 0 Å². The van der Waals surface area contributed by atoms with Gasteiger partial charge in [0, 0.05) is 12.1 Å². The van der Waals surface area contributed by atoms with Crippen LogP contribution in [0.4, 0.5) is 4.79 Å². The summed E-state index contributed by atoms with van der Waals surface area (Å²) >= 11 is 0.